The van der Waals surface area contributed by atoms with E-state index < -0.39 is 0 Å². The van der Waals surface area contributed by atoms with Crippen LogP contribution in [0.2, 0.25) is 0 Å². The molecule has 0 saturated heterocycles. The number of aromatic nitrogens is 3. The van der Waals surface area contributed by atoms with Crippen molar-refractivity contribution < 1.29 is 0 Å². The molecule has 1 heterocycles. The monoisotopic (exact) mass is 217 g/mol. The molecule has 5 nitrogen and oxygen atoms in total. The van der Waals surface area contributed by atoms with Gasteiger partial charge in [0, 0.05) is 7.05 Å². The van der Waals surface area contributed by atoms with Crippen LogP contribution >= 0.6 is 0 Å². The SMILES string of the molecule is CNc1nc(N)n(-c2cc(C)ccc2C)n1. The average molecular weight is 217 g/mol. The molecule has 0 bridgehead atoms. The van der Waals surface area contributed by atoms with E-state index in [0.717, 1.165) is 11.3 Å². The Morgan fingerprint density at radius 1 is 1.31 bits per heavy atom. The van der Waals surface area contributed by atoms with Crippen LogP contribution in [-0.2, 0) is 0 Å². The molecular weight excluding hydrogens is 202 g/mol. The van der Waals surface area contributed by atoms with Gasteiger partial charge < -0.3 is 11.1 Å². The van der Waals surface area contributed by atoms with E-state index in [4.69, 9.17) is 5.73 Å². The minimum absolute atomic E-state index is 0.387. The van der Waals surface area contributed by atoms with Gasteiger partial charge in [-0.1, -0.05) is 12.1 Å². The summed E-state index contributed by atoms with van der Waals surface area (Å²) in [6, 6.07) is 6.15. The van der Waals surface area contributed by atoms with E-state index in [1.54, 1.807) is 11.7 Å². The van der Waals surface area contributed by atoms with Crippen molar-refractivity contribution in [3.05, 3.63) is 29.3 Å². The van der Waals surface area contributed by atoms with Gasteiger partial charge in [0.05, 0.1) is 5.69 Å². The van der Waals surface area contributed by atoms with Crippen molar-refractivity contribution in [1.29, 1.82) is 0 Å². The number of rotatable bonds is 2. The molecule has 0 aliphatic carbocycles. The molecule has 0 aliphatic rings. The fourth-order valence-corrected chi connectivity index (χ4v) is 1.55. The number of benzene rings is 1. The van der Waals surface area contributed by atoms with Crippen molar-refractivity contribution >= 4 is 11.9 Å². The molecule has 0 spiro atoms. The fraction of sp³-hybridized carbons (Fsp3) is 0.273. The molecule has 0 radical (unpaired) electrons. The largest absolute Gasteiger partial charge is 0.368 e. The number of hydrogen-bond acceptors (Lipinski definition) is 4. The van der Waals surface area contributed by atoms with Crippen LogP contribution < -0.4 is 11.1 Å². The van der Waals surface area contributed by atoms with Gasteiger partial charge in [-0.05, 0) is 31.0 Å². The predicted octanol–water partition coefficient (Wildman–Crippen LogP) is 1.51. The van der Waals surface area contributed by atoms with E-state index >= 15 is 0 Å². The maximum Gasteiger partial charge on any atom is 0.244 e. The van der Waals surface area contributed by atoms with E-state index in [1.807, 2.05) is 26.0 Å². The highest BCUT2D eigenvalue weighted by molar-refractivity contribution is 5.47. The Bertz CT molecular complexity index is 515. The summed E-state index contributed by atoms with van der Waals surface area (Å²) in [5.41, 5.74) is 9.07. The summed E-state index contributed by atoms with van der Waals surface area (Å²) in [5, 5.41) is 7.14. The molecular formula is C11H15N5. The van der Waals surface area contributed by atoms with Crippen molar-refractivity contribution in [3.8, 4) is 5.69 Å². The molecule has 2 rings (SSSR count). The van der Waals surface area contributed by atoms with Gasteiger partial charge in [-0.2, -0.15) is 9.67 Å². The first-order chi connectivity index (χ1) is 7.61. The number of anilines is 2. The van der Waals surface area contributed by atoms with Crippen molar-refractivity contribution in [2.75, 3.05) is 18.1 Å². The maximum absolute atomic E-state index is 5.82. The van der Waals surface area contributed by atoms with E-state index in [-0.39, 0.29) is 0 Å². The van der Waals surface area contributed by atoms with Crippen LogP contribution in [0.4, 0.5) is 11.9 Å². The third kappa shape index (κ3) is 1.71. The molecule has 84 valence electrons. The highest BCUT2D eigenvalue weighted by Gasteiger charge is 2.09. The molecule has 0 unspecified atom stereocenters. The third-order valence-corrected chi connectivity index (χ3v) is 2.45. The zero-order valence-electron chi connectivity index (χ0n) is 9.65. The summed E-state index contributed by atoms with van der Waals surface area (Å²) in [4.78, 5) is 4.09. The second-order valence-corrected chi connectivity index (χ2v) is 3.75. The van der Waals surface area contributed by atoms with Crippen LogP contribution in [0, 0.1) is 13.8 Å². The number of nitrogen functional groups attached to an aromatic ring is 1. The summed E-state index contributed by atoms with van der Waals surface area (Å²) in [6.45, 7) is 4.06. The highest BCUT2D eigenvalue weighted by Crippen LogP contribution is 2.18. The summed E-state index contributed by atoms with van der Waals surface area (Å²) in [5.74, 6) is 0.913. The lowest BCUT2D eigenvalue weighted by molar-refractivity contribution is 0.883. The summed E-state index contributed by atoms with van der Waals surface area (Å²) < 4.78 is 1.65. The Balaban J connectivity index is 2.57. The molecule has 1 aromatic carbocycles. The molecule has 0 aliphatic heterocycles. The number of nitrogens with one attached hydrogen (secondary N) is 1. The van der Waals surface area contributed by atoms with Crippen molar-refractivity contribution in [1.82, 2.24) is 14.8 Å². The smallest absolute Gasteiger partial charge is 0.244 e. The fourth-order valence-electron chi connectivity index (χ4n) is 1.55. The van der Waals surface area contributed by atoms with Crippen molar-refractivity contribution in [2.45, 2.75) is 13.8 Å². The molecule has 0 saturated carbocycles. The minimum atomic E-state index is 0.387. The lowest BCUT2D eigenvalue weighted by Gasteiger charge is -2.07. The molecule has 1 aromatic heterocycles. The van der Waals surface area contributed by atoms with Crippen LogP contribution in [-0.4, -0.2) is 21.8 Å². The Hall–Kier alpha value is -2.04. The van der Waals surface area contributed by atoms with Crippen molar-refractivity contribution in [3.63, 3.8) is 0 Å². The van der Waals surface area contributed by atoms with Gasteiger partial charge in [-0.3, -0.25) is 0 Å². The molecule has 0 amide bonds. The zero-order valence-corrected chi connectivity index (χ0v) is 9.65. The molecule has 0 atom stereocenters. The minimum Gasteiger partial charge on any atom is -0.368 e. The predicted molar refractivity (Wildman–Crippen MR) is 64.8 cm³/mol. The zero-order chi connectivity index (χ0) is 11.7. The first-order valence-electron chi connectivity index (χ1n) is 5.09. The Labute approximate surface area is 94.3 Å². The standard InChI is InChI=1S/C11H15N5/c1-7-4-5-8(2)9(6-7)16-10(12)14-11(13-3)15-16/h4-6H,1-3H3,(H3,12,13,14,15). The Morgan fingerprint density at radius 2 is 2.06 bits per heavy atom. The van der Waals surface area contributed by atoms with E-state index in [9.17, 15) is 0 Å². The maximum atomic E-state index is 5.82. The van der Waals surface area contributed by atoms with Gasteiger partial charge in [0.1, 0.15) is 0 Å². The quantitative estimate of drug-likeness (QED) is 0.800. The van der Waals surface area contributed by atoms with Crippen LogP contribution in [0.25, 0.3) is 5.69 Å². The van der Waals surface area contributed by atoms with Gasteiger partial charge >= 0.3 is 0 Å². The first kappa shape index (κ1) is 10.5. The lowest BCUT2D eigenvalue weighted by Crippen LogP contribution is -2.04. The summed E-state index contributed by atoms with van der Waals surface area (Å²) in [7, 11) is 1.77. The molecule has 2 aromatic rings. The second kappa shape index (κ2) is 3.84. The van der Waals surface area contributed by atoms with Crippen LogP contribution in [0.1, 0.15) is 11.1 Å². The Kier molecular flexibility index (Phi) is 2.52. The number of nitrogens with two attached hydrogens (primary N) is 1. The van der Waals surface area contributed by atoms with Crippen molar-refractivity contribution in [2.24, 2.45) is 0 Å². The molecule has 3 N–H and O–H groups in total. The van der Waals surface area contributed by atoms with Gasteiger partial charge in [-0.15, -0.1) is 5.10 Å². The van der Waals surface area contributed by atoms with Gasteiger partial charge in [0.2, 0.25) is 11.9 Å². The van der Waals surface area contributed by atoms with Crippen LogP contribution in [0.15, 0.2) is 18.2 Å². The second-order valence-electron chi connectivity index (χ2n) is 3.75. The van der Waals surface area contributed by atoms with Gasteiger partial charge in [-0.25, -0.2) is 0 Å². The Morgan fingerprint density at radius 3 is 2.69 bits per heavy atom. The molecule has 5 heteroatoms. The van der Waals surface area contributed by atoms with E-state index in [1.165, 1.54) is 5.56 Å². The van der Waals surface area contributed by atoms with E-state index in [2.05, 4.69) is 21.5 Å². The average Bonchev–Trinajstić information content (AvgIpc) is 2.63. The topological polar surface area (TPSA) is 68.8 Å². The summed E-state index contributed by atoms with van der Waals surface area (Å²) >= 11 is 0. The van der Waals surface area contributed by atoms with E-state index in [0.29, 0.717) is 11.9 Å². The molecule has 16 heavy (non-hydrogen) atoms. The number of aryl methyl sites for hydroxylation is 2. The summed E-state index contributed by atoms with van der Waals surface area (Å²) in [6.07, 6.45) is 0. The lowest BCUT2D eigenvalue weighted by atomic mass is 10.1. The molecule has 0 fully saturated rings. The first-order valence-corrected chi connectivity index (χ1v) is 5.09. The highest BCUT2D eigenvalue weighted by atomic mass is 15.4. The third-order valence-electron chi connectivity index (χ3n) is 2.45. The number of nitrogens with zero attached hydrogens (tertiary/aromatic N) is 3. The van der Waals surface area contributed by atoms with Crippen LogP contribution in [0.3, 0.4) is 0 Å². The normalized spacial score (nSPS) is 10.4. The van der Waals surface area contributed by atoms with Crippen LogP contribution in [0.5, 0.6) is 0 Å². The number of hydrogen-bond donors (Lipinski definition) is 2. The van der Waals surface area contributed by atoms with Gasteiger partial charge in [0.15, 0.2) is 0 Å². The van der Waals surface area contributed by atoms with Gasteiger partial charge in [0.25, 0.3) is 0 Å².